The Morgan fingerprint density at radius 3 is 2.76 bits per heavy atom. The zero-order valence-corrected chi connectivity index (χ0v) is 9.18. The molecule has 1 radical (unpaired) electrons. The number of fused-ring (bicyclic) bond motifs is 1. The first-order chi connectivity index (χ1) is 8.25. The van der Waals surface area contributed by atoms with Crippen LogP contribution in [0.2, 0.25) is 0 Å². The molecule has 0 N–H and O–H groups in total. The zero-order valence-electron chi connectivity index (χ0n) is 9.18. The average molecular weight is 226 g/mol. The van der Waals surface area contributed by atoms with E-state index in [1.54, 1.807) is 23.0 Å². The smallest absolute Gasteiger partial charge is 0.163 e. The molecule has 0 amide bonds. The first-order valence-corrected chi connectivity index (χ1v) is 5.23. The maximum absolute atomic E-state index is 12.9. The van der Waals surface area contributed by atoms with Gasteiger partial charge in [0, 0.05) is 17.6 Å². The molecule has 0 bridgehead atoms. The second kappa shape index (κ2) is 3.66. The van der Waals surface area contributed by atoms with Crippen molar-refractivity contribution in [3.63, 3.8) is 0 Å². The molecule has 2 aromatic heterocycles. The fraction of sp³-hybridized carbons (Fsp3) is 0.0769. The van der Waals surface area contributed by atoms with Crippen LogP contribution in [0.15, 0.2) is 36.5 Å². The van der Waals surface area contributed by atoms with Gasteiger partial charge in [0.05, 0.1) is 11.4 Å². The van der Waals surface area contributed by atoms with E-state index in [-0.39, 0.29) is 5.82 Å². The number of hydrogen-bond acceptors (Lipinski definition) is 2. The largest absolute Gasteiger partial charge is 0.236 e. The van der Waals surface area contributed by atoms with Gasteiger partial charge in [0.2, 0.25) is 0 Å². The van der Waals surface area contributed by atoms with Crippen LogP contribution < -0.4 is 0 Å². The van der Waals surface area contributed by atoms with E-state index < -0.39 is 0 Å². The summed E-state index contributed by atoms with van der Waals surface area (Å²) in [5.74, 6) is -0.261. The van der Waals surface area contributed by atoms with Gasteiger partial charge in [-0.1, -0.05) is 0 Å². The maximum Gasteiger partial charge on any atom is 0.163 e. The zero-order chi connectivity index (χ0) is 11.8. The predicted octanol–water partition coefficient (Wildman–Crippen LogP) is 2.67. The monoisotopic (exact) mass is 226 g/mol. The van der Waals surface area contributed by atoms with Gasteiger partial charge in [0.15, 0.2) is 5.65 Å². The van der Waals surface area contributed by atoms with Crippen molar-refractivity contribution in [3.05, 3.63) is 54.1 Å². The van der Waals surface area contributed by atoms with Crippen LogP contribution in [0.1, 0.15) is 5.69 Å². The van der Waals surface area contributed by atoms with Gasteiger partial charge in [-0.2, -0.15) is 5.10 Å². The van der Waals surface area contributed by atoms with Crippen molar-refractivity contribution in [2.75, 3.05) is 0 Å². The number of aromatic nitrogens is 3. The van der Waals surface area contributed by atoms with Crippen LogP contribution in [0.4, 0.5) is 4.39 Å². The molecule has 0 saturated heterocycles. The van der Waals surface area contributed by atoms with Crippen LogP contribution in [0.3, 0.4) is 0 Å². The molecule has 0 aliphatic carbocycles. The highest BCUT2D eigenvalue weighted by atomic mass is 19.1. The molecule has 4 heteroatoms. The summed E-state index contributed by atoms with van der Waals surface area (Å²) in [5.41, 5.74) is 2.43. The predicted molar refractivity (Wildman–Crippen MR) is 62.4 cm³/mol. The standard InChI is InChI=1S/C13H9FN3/c1-9-12-3-2-8-15-13(12)17(16-9)11-6-4-10(14)5-7-11/h3-8H,1H3. The Morgan fingerprint density at radius 1 is 1.24 bits per heavy atom. The Kier molecular flexibility index (Phi) is 2.14. The molecule has 3 rings (SSSR count). The number of hydrogen-bond donors (Lipinski definition) is 0. The molecular weight excluding hydrogens is 217 g/mol. The first-order valence-electron chi connectivity index (χ1n) is 5.23. The second-order valence-electron chi connectivity index (χ2n) is 3.78. The molecule has 3 aromatic rings. The van der Waals surface area contributed by atoms with Crippen LogP contribution >= 0.6 is 0 Å². The summed E-state index contributed by atoms with van der Waals surface area (Å²) >= 11 is 0. The summed E-state index contributed by atoms with van der Waals surface area (Å²) in [4.78, 5) is 4.25. The van der Waals surface area contributed by atoms with Crippen LogP contribution in [-0.4, -0.2) is 14.8 Å². The highest BCUT2D eigenvalue weighted by Crippen LogP contribution is 2.19. The molecule has 3 nitrogen and oxygen atoms in total. The van der Waals surface area contributed by atoms with E-state index in [0.717, 1.165) is 22.4 Å². The minimum absolute atomic E-state index is 0.261. The number of rotatable bonds is 1. The Bertz CT molecular complexity index is 671. The third-order valence-electron chi connectivity index (χ3n) is 2.64. The summed E-state index contributed by atoms with van der Waals surface area (Å²) in [6, 6.07) is 11.0. The van der Waals surface area contributed by atoms with E-state index in [2.05, 4.69) is 16.1 Å². The fourth-order valence-electron chi connectivity index (χ4n) is 1.80. The molecule has 0 unspecified atom stereocenters. The van der Waals surface area contributed by atoms with Gasteiger partial charge in [-0.3, -0.25) is 0 Å². The van der Waals surface area contributed by atoms with Gasteiger partial charge < -0.3 is 0 Å². The molecule has 83 valence electrons. The van der Waals surface area contributed by atoms with E-state index in [1.165, 1.54) is 12.1 Å². The lowest BCUT2D eigenvalue weighted by atomic mass is 10.3. The highest BCUT2D eigenvalue weighted by Gasteiger charge is 2.09. The van der Waals surface area contributed by atoms with E-state index in [4.69, 9.17) is 0 Å². The molecular formula is C13H9FN3. The molecule has 1 aromatic carbocycles. The Labute approximate surface area is 97.5 Å². The number of aryl methyl sites for hydroxylation is 1. The van der Waals surface area contributed by atoms with Gasteiger partial charge in [-0.15, -0.1) is 0 Å². The quantitative estimate of drug-likeness (QED) is 0.638. The maximum atomic E-state index is 12.9. The van der Waals surface area contributed by atoms with E-state index in [0.29, 0.717) is 0 Å². The van der Waals surface area contributed by atoms with Gasteiger partial charge in [0.1, 0.15) is 5.82 Å². The lowest BCUT2D eigenvalue weighted by Gasteiger charge is -2.01. The number of nitrogens with zero attached hydrogens (tertiary/aromatic N) is 3. The first kappa shape index (κ1) is 9.96. The van der Waals surface area contributed by atoms with E-state index in [1.807, 2.05) is 13.0 Å². The number of pyridine rings is 1. The van der Waals surface area contributed by atoms with Gasteiger partial charge >= 0.3 is 0 Å². The van der Waals surface area contributed by atoms with Crippen molar-refractivity contribution in [2.45, 2.75) is 6.92 Å². The molecule has 0 aliphatic heterocycles. The van der Waals surface area contributed by atoms with Crippen molar-refractivity contribution >= 4 is 11.0 Å². The number of halogens is 1. The minimum atomic E-state index is -0.261. The molecule has 0 atom stereocenters. The fourth-order valence-corrected chi connectivity index (χ4v) is 1.80. The Balaban J connectivity index is 2.27. The molecule has 0 fully saturated rings. The van der Waals surface area contributed by atoms with Crippen molar-refractivity contribution < 1.29 is 4.39 Å². The third-order valence-corrected chi connectivity index (χ3v) is 2.64. The SMILES string of the molecule is Cc1nn(-c2ccc(F)cc2)c2nc[c]cc12. The van der Waals surface area contributed by atoms with Crippen LogP contribution in [-0.2, 0) is 0 Å². The molecule has 0 spiro atoms. The van der Waals surface area contributed by atoms with Crippen LogP contribution in [0, 0.1) is 18.8 Å². The minimum Gasteiger partial charge on any atom is -0.236 e. The number of benzene rings is 1. The van der Waals surface area contributed by atoms with Crippen molar-refractivity contribution in [1.82, 2.24) is 14.8 Å². The average Bonchev–Trinajstić information content (AvgIpc) is 2.69. The Morgan fingerprint density at radius 2 is 2.00 bits per heavy atom. The lowest BCUT2D eigenvalue weighted by Crippen LogP contribution is -1.97. The topological polar surface area (TPSA) is 30.7 Å². The normalized spacial score (nSPS) is 10.9. The van der Waals surface area contributed by atoms with Crippen molar-refractivity contribution in [1.29, 1.82) is 0 Å². The molecule has 0 saturated carbocycles. The van der Waals surface area contributed by atoms with Gasteiger partial charge in [0.25, 0.3) is 0 Å². The highest BCUT2D eigenvalue weighted by molar-refractivity contribution is 5.79. The Hall–Kier alpha value is -2.23. The van der Waals surface area contributed by atoms with Gasteiger partial charge in [-0.05, 0) is 37.3 Å². The van der Waals surface area contributed by atoms with E-state index >= 15 is 0 Å². The summed E-state index contributed by atoms with van der Waals surface area (Å²) in [7, 11) is 0. The molecule has 2 heterocycles. The lowest BCUT2D eigenvalue weighted by molar-refractivity contribution is 0.627. The van der Waals surface area contributed by atoms with Crippen LogP contribution in [0.5, 0.6) is 0 Å². The van der Waals surface area contributed by atoms with Gasteiger partial charge in [-0.25, -0.2) is 14.1 Å². The van der Waals surface area contributed by atoms with E-state index in [9.17, 15) is 4.39 Å². The molecule has 17 heavy (non-hydrogen) atoms. The summed E-state index contributed by atoms with van der Waals surface area (Å²) in [6.45, 7) is 1.91. The third kappa shape index (κ3) is 1.58. The van der Waals surface area contributed by atoms with Crippen molar-refractivity contribution in [2.24, 2.45) is 0 Å². The van der Waals surface area contributed by atoms with Crippen LogP contribution in [0.25, 0.3) is 16.7 Å². The summed E-state index contributed by atoms with van der Waals surface area (Å²) < 4.78 is 14.6. The van der Waals surface area contributed by atoms with Crippen molar-refractivity contribution in [3.8, 4) is 5.69 Å². The molecule has 0 aliphatic rings. The summed E-state index contributed by atoms with van der Waals surface area (Å²) in [6.07, 6.45) is 1.60. The summed E-state index contributed by atoms with van der Waals surface area (Å²) in [5, 5.41) is 5.36. The second-order valence-corrected chi connectivity index (χ2v) is 3.78.